The van der Waals surface area contributed by atoms with E-state index in [0.717, 1.165) is 34.2 Å². The summed E-state index contributed by atoms with van der Waals surface area (Å²) in [5.41, 5.74) is 3.42. The second kappa shape index (κ2) is 7.06. The van der Waals surface area contributed by atoms with Crippen molar-refractivity contribution < 1.29 is 14.6 Å². The lowest BCUT2D eigenvalue weighted by Crippen LogP contribution is -2.49. The van der Waals surface area contributed by atoms with Gasteiger partial charge in [0.05, 0.1) is 5.57 Å². The summed E-state index contributed by atoms with van der Waals surface area (Å²) in [5, 5.41) is 11.5. The zero-order valence-corrected chi connectivity index (χ0v) is 18.1. The van der Waals surface area contributed by atoms with Crippen LogP contribution in [-0.2, 0) is 16.0 Å². The summed E-state index contributed by atoms with van der Waals surface area (Å²) in [6.07, 6.45) is 0.731. The van der Waals surface area contributed by atoms with Crippen LogP contribution in [0.15, 0.2) is 42.2 Å². The number of hydrogen-bond acceptors (Lipinski definition) is 3. The summed E-state index contributed by atoms with van der Waals surface area (Å²) >= 11 is 6.20. The van der Waals surface area contributed by atoms with Gasteiger partial charge in [-0.2, -0.15) is 0 Å². The van der Waals surface area contributed by atoms with Gasteiger partial charge in [-0.1, -0.05) is 42.8 Å². The fraction of sp³-hybridized carbons (Fsp3) is 0.375. The first kappa shape index (κ1) is 20.6. The minimum atomic E-state index is -1.00. The number of carbonyl (C=O) groups excluding carboxylic acids is 1. The first-order valence-electron chi connectivity index (χ1n) is 9.56. The molecule has 28 heavy (non-hydrogen) atoms. The van der Waals surface area contributed by atoms with Crippen molar-refractivity contribution in [1.29, 1.82) is 0 Å². The molecule has 0 amide bonds. The van der Waals surface area contributed by atoms with Gasteiger partial charge in [-0.05, 0) is 81.0 Å². The van der Waals surface area contributed by atoms with E-state index in [1.807, 2.05) is 44.2 Å². The SMILES string of the molecule is CCc1cc(-c2cc(Cl)ccc2C)ccc1C1=C(O)C(C)(C)OC(C)(C)C1=O. The van der Waals surface area contributed by atoms with E-state index in [4.69, 9.17) is 16.3 Å². The first-order valence-corrected chi connectivity index (χ1v) is 9.94. The van der Waals surface area contributed by atoms with E-state index < -0.39 is 11.2 Å². The molecule has 0 bridgehead atoms. The Morgan fingerprint density at radius 2 is 1.68 bits per heavy atom. The third-order valence-corrected chi connectivity index (χ3v) is 5.59. The summed E-state index contributed by atoms with van der Waals surface area (Å²) in [6.45, 7) is 11.2. The smallest absolute Gasteiger partial charge is 0.198 e. The highest BCUT2D eigenvalue weighted by atomic mass is 35.5. The summed E-state index contributed by atoms with van der Waals surface area (Å²) in [5.74, 6) is -0.219. The maximum absolute atomic E-state index is 13.1. The monoisotopic (exact) mass is 398 g/mol. The van der Waals surface area contributed by atoms with E-state index in [1.54, 1.807) is 27.7 Å². The second-order valence-electron chi connectivity index (χ2n) is 8.36. The molecule has 1 aliphatic heterocycles. The average Bonchev–Trinajstić information content (AvgIpc) is 2.62. The highest BCUT2D eigenvalue weighted by Crippen LogP contribution is 2.41. The molecule has 0 unspecified atom stereocenters. The van der Waals surface area contributed by atoms with Crippen LogP contribution in [0.25, 0.3) is 16.7 Å². The normalized spacial score (nSPS) is 18.5. The minimum absolute atomic E-state index is 0.0155. The molecule has 3 nitrogen and oxygen atoms in total. The van der Waals surface area contributed by atoms with E-state index in [1.165, 1.54) is 0 Å². The zero-order valence-electron chi connectivity index (χ0n) is 17.3. The summed E-state index contributed by atoms with van der Waals surface area (Å²) in [6, 6.07) is 11.8. The van der Waals surface area contributed by atoms with Gasteiger partial charge in [-0.3, -0.25) is 4.79 Å². The van der Waals surface area contributed by atoms with E-state index in [-0.39, 0.29) is 11.5 Å². The van der Waals surface area contributed by atoms with Gasteiger partial charge in [0.1, 0.15) is 17.0 Å². The number of aliphatic hydroxyl groups is 1. The third kappa shape index (κ3) is 3.49. The number of aliphatic hydroxyl groups excluding tert-OH is 1. The van der Waals surface area contributed by atoms with Crippen molar-refractivity contribution in [1.82, 2.24) is 0 Å². The molecule has 3 rings (SSSR count). The van der Waals surface area contributed by atoms with Gasteiger partial charge in [0.2, 0.25) is 0 Å². The molecule has 1 N–H and O–H groups in total. The number of halogens is 1. The number of hydrogen-bond donors (Lipinski definition) is 1. The Hall–Kier alpha value is -2.10. The first-order chi connectivity index (χ1) is 13.0. The topological polar surface area (TPSA) is 46.5 Å². The molecule has 0 radical (unpaired) electrons. The highest BCUT2D eigenvalue weighted by molar-refractivity contribution is 6.31. The quantitative estimate of drug-likeness (QED) is 0.659. The average molecular weight is 399 g/mol. The van der Waals surface area contributed by atoms with Crippen LogP contribution in [0.1, 0.15) is 51.3 Å². The molecule has 148 valence electrons. The molecule has 2 aromatic rings. The molecule has 0 spiro atoms. The minimum Gasteiger partial charge on any atom is -0.508 e. The maximum Gasteiger partial charge on any atom is 0.198 e. The van der Waals surface area contributed by atoms with Gasteiger partial charge in [-0.15, -0.1) is 0 Å². The Morgan fingerprint density at radius 1 is 1.00 bits per heavy atom. The van der Waals surface area contributed by atoms with Crippen molar-refractivity contribution in [2.45, 2.75) is 59.2 Å². The van der Waals surface area contributed by atoms with Gasteiger partial charge in [0.15, 0.2) is 5.78 Å². The highest BCUT2D eigenvalue weighted by Gasteiger charge is 2.47. The van der Waals surface area contributed by atoms with E-state index in [9.17, 15) is 9.90 Å². The number of carbonyl (C=O) groups is 1. The molecule has 0 saturated carbocycles. The van der Waals surface area contributed by atoms with Crippen molar-refractivity contribution in [3.63, 3.8) is 0 Å². The Balaban J connectivity index is 2.20. The van der Waals surface area contributed by atoms with Crippen molar-refractivity contribution in [3.8, 4) is 11.1 Å². The van der Waals surface area contributed by atoms with Crippen LogP contribution in [-0.4, -0.2) is 22.1 Å². The zero-order chi connectivity index (χ0) is 20.9. The van der Waals surface area contributed by atoms with Gasteiger partial charge < -0.3 is 9.84 Å². The Morgan fingerprint density at radius 3 is 2.32 bits per heavy atom. The Kier molecular flexibility index (Phi) is 5.20. The van der Waals surface area contributed by atoms with E-state index in [0.29, 0.717) is 10.6 Å². The third-order valence-electron chi connectivity index (χ3n) is 5.36. The van der Waals surface area contributed by atoms with E-state index >= 15 is 0 Å². The molecule has 1 aliphatic rings. The van der Waals surface area contributed by atoms with Crippen molar-refractivity contribution in [2.75, 3.05) is 0 Å². The van der Waals surface area contributed by atoms with Gasteiger partial charge >= 0.3 is 0 Å². The van der Waals surface area contributed by atoms with Crippen molar-refractivity contribution in [2.24, 2.45) is 0 Å². The van der Waals surface area contributed by atoms with Crippen LogP contribution < -0.4 is 0 Å². The lowest BCUT2D eigenvalue weighted by atomic mass is 9.81. The van der Waals surface area contributed by atoms with Crippen LogP contribution in [0.2, 0.25) is 5.02 Å². The fourth-order valence-corrected chi connectivity index (χ4v) is 4.07. The summed E-state index contributed by atoms with van der Waals surface area (Å²) < 4.78 is 5.86. The van der Waals surface area contributed by atoms with Gasteiger partial charge in [-0.25, -0.2) is 0 Å². The summed E-state index contributed by atoms with van der Waals surface area (Å²) in [4.78, 5) is 13.1. The fourth-order valence-electron chi connectivity index (χ4n) is 3.89. The Bertz CT molecular complexity index is 983. The van der Waals surface area contributed by atoms with Crippen LogP contribution >= 0.6 is 11.6 Å². The molecule has 0 fully saturated rings. The molecule has 1 heterocycles. The lowest BCUT2D eigenvalue weighted by Gasteiger charge is -2.40. The second-order valence-corrected chi connectivity index (χ2v) is 8.80. The Labute approximate surface area is 172 Å². The molecule has 0 aromatic heterocycles. The summed E-state index contributed by atoms with van der Waals surface area (Å²) in [7, 11) is 0. The number of aryl methyl sites for hydroxylation is 2. The predicted molar refractivity (Wildman–Crippen MR) is 115 cm³/mol. The molecular formula is C24H27ClO3. The number of Topliss-reactive ketones (excluding diaryl/α,β-unsaturated/α-hetero) is 1. The van der Waals surface area contributed by atoms with Crippen molar-refractivity contribution in [3.05, 3.63) is 63.9 Å². The number of benzene rings is 2. The van der Waals surface area contributed by atoms with Crippen LogP contribution in [0.3, 0.4) is 0 Å². The number of rotatable bonds is 3. The van der Waals surface area contributed by atoms with Crippen LogP contribution in [0.5, 0.6) is 0 Å². The molecule has 0 saturated heterocycles. The maximum atomic E-state index is 13.1. The van der Waals surface area contributed by atoms with Crippen molar-refractivity contribution >= 4 is 23.0 Å². The molecule has 0 aliphatic carbocycles. The van der Waals surface area contributed by atoms with Crippen LogP contribution in [0.4, 0.5) is 0 Å². The standard InChI is InChI=1S/C24H27ClO3/c1-7-15-12-16(19-13-17(25)10-8-14(19)2)9-11-18(15)20-21(26)23(3,4)28-24(5,6)22(20)27/h8-13,26H,7H2,1-6H3. The van der Waals surface area contributed by atoms with Crippen LogP contribution in [0, 0.1) is 6.92 Å². The van der Waals surface area contributed by atoms with Gasteiger partial charge in [0.25, 0.3) is 0 Å². The molecule has 4 heteroatoms. The van der Waals surface area contributed by atoms with E-state index in [2.05, 4.69) is 6.07 Å². The lowest BCUT2D eigenvalue weighted by molar-refractivity contribution is -0.158. The number of ketones is 1. The van der Waals surface area contributed by atoms with Gasteiger partial charge in [0, 0.05) is 5.02 Å². The molecular weight excluding hydrogens is 372 g/mol. The largest absolute Gasteiger partial charge is 0.508 e. The number of ether oxygens (including phenoxy) is 1. The predicted octanol–water partition coefficient (Wildman–Crippen LogP) is 6.30. The molecule has 0 atom stereocenters. The molecule has 2 aromatic carbocycles.